The van der Waals surface area contributed by atoms with Crippen LogP contribution in [-0.4, -0.2) is 15.0 Å². The van der Waals surface area contributed by atoms with E-state index in [2.05, 4.69) is 26.2 Å². The van der Waals surface area contributed by atoms with Crippen LogP contribution in [0.15, 0.2) is 22.8 Å². The van der Waals surface area contributed by atoms with E-state index in [0.29, 0.717) is 5.69 Å². The predicted molar refractivity (Wildman–Crippen MR) is 58.5 cm³/mol. The fourth-order valence-corrected chi connectivity index (χ4v) is 1.93. The summed E-state index contributed by atoms with van der Waals surface area (Å²) in [6, 6.07) is 1.93. The Kier molecular flexibility index (Phi) is 3.20. The summed E-state index contributed by atoms with van der Waals surface area (Å²) in [5.41, 5.74) is 0.613. The van der Waals surface area contributed by atoms with Gasteiger partial charge in [-0.25, -0.2) is 13.5 Å². The van der Waals surface area contributed by atoms with Gasteiger partial charge in [0.2, 0.25) is 0 Å². The number of benzene rings is 1. The highest BCUT2D eigenvalue weighted by molar-refractivity contribution is 9.10. The van der Waals surface area contributed by atoms with Crippen LogP contribution < -0.4 is 0 Å². The third-order valence-electron chi connectivity index (χ3n) is 1.89. The van der Waals surface area contributed by atoms with Gasteiger partial charge in [0.25, 0.3) is 0 Å². The Hall–Kier alpha value is -1.01. The number of hydrogen-bond donors (Lipinski definition) is 0. The normalized spacial score (nSPS) is 10.8. The highest BCUT2D eigenvalue weighted by Gasteiger charge is 2.13. The quantitative estimate of drug-likeness (QED) is 0.798. The number of aromatic nitrogens is 3. The lowest BCUT2D eigenvalue weighted by molar-refractivity contribution is 0.570. The maximum absolute atomic E-state index is 13.5. The molecular weight excluding hydrogens is 303 g/mol. The molecule has 0 atom stereocenters. The summed E-state index contributed by atoms with van der Waals surface area (Å²) in [7, 11) is 0. The zero-order valence-electron chi connectivity index (χ0n) is 7.79. The molecule has 7 heteroatoms. The van der Waals surface area contributed by atoms with Crippen LogP contribution in [0.3, 0.4) is 0 Å². The van der Waals surface area contributed by atoms with Gasteiger partial charge in [0.1, 0.15) is 11.5 Å². The summed E-state index contributed by atoms with van der Waals surface area (Å²) in [6.45, 7) is 0. The molecule has 84 valence electrons. The standard InChI is InChI=1S/C9H5BrClF2N3/c10-7-1-5(12)2-8(13)9(7)16-4-6(3-11)14-15-16/h1-2,4H,3H2. The molecule has 1 aromatic heterocycles. The molecule has 0 N–H and O–H groups in total. The molecule has 2 aromatic rings. The summed E-state index contributed by atoms with van der Waals surface area (Å²) in [5.74, 6) is -1.20. The predicted octanol–water partition coefficient (Wildman–Crippen LogP) is 3.05. The van der Waals surface area contributed by atoms with Crippen molar-refractivity contribution in [2.75, 3.05) is 0 Å². The Morgan fingerprint density at radius 3 is 2.69 bits per heavy atom. The minimum atomic E-state index is -0.724. The average Bonchev–Trinajstić information content (AvgIpc) is 2.64. The van der Waals surface area contributed by atoms with Gasteiger partial charge < -0.3 is 0 Å². The van der Waals surface area contributed by atoms with Gasteiger partial charge in [0.15, 0.2) is 5.82 Å². The van der Waals surface area contributed by atoms with Gasteiger partial charge in [0, 0.05) is 10.5 Å². The van der Waals surface area contributed by atoms with E-state index < -0.39 is 11.6 Å². The summed E-state index contributed by atoms with van der Waals surface area (Å²) in [4.78, 5) is 0. The second-order valence-corrected chi connectivity index (χ2v) is 4.13. The van der Waals surface area contributed by atoms with E-state index in [1.807, 2.05) is 0 Å². The van der Waals surface area contributed by atoms with E-state index >= 15 is 0 Å². The molecule has 0 amide bonds. The van der Waals surface area contributed by atoms with Crippen LogP contribution in [0.4, 0.5) is 8.78 Å². The summed E-state index contributed by atoms with van der Waals surface area (Å²) >= 11 is 8.62. The van der Waals surface area contributed by atoms with Crippen molar-refractivity contribution in [2.45, 2.75) is 5.88 Å². The molecule has 1 aromatic carbocycles. The van der Waals surface area contributed by atoms with E-state index in [4.69, 9.17) is 11.6 Å². The molecule has 0 spiro atoms. The Bertz CT molecular complexity index is 506. The van der Waals surface area contributed by atoms with Crippen LogP contribution >= 0.6 is 27.5 Å². The highest BCUT2D eigenvalue weighted by Crippen LogP contribution is 2.24. The van der Waals surface area contributed by atoms with Crippen molar-refractivity contribution in [3.8, 4) is 5.69 Å². The Balaban J connectivity index is 2.55. The highest BCUT2D eigenvalue weighted by atomic mass is 79.9. The molecular formula is C9H5BrClF2N3. The van der Waals surface area contributed by atoms with Crippen molar-refractivity contribution in [1.29, 1.82) is 0 Å². The zero-order valence-corrected chi connectivity index (χ0v) is 10.1. The van der Waals surface area contributed by atoms with E-state index in [0.717, 1.165) is 12.1 Å². The van der Waals surface area contributed by atoms with Gasteiger partial charge >= 0.3 is 0 Å². The summed E-state index contributed by atoms with van der Waals surface area (Å²) in [5, 5.41) is 7.41. The molecule has 1 heterocycles. The molecule has 0 fully saturated rings. The van der Waals surface area contributed by atoms with Crippen molar-refractivity contribution in [2.24, 2.45) is 0 Å². The van der Waals surface area contributed by atoms with Gasteiger partial charge in [0.05, 0.1) is 17.8 Å². The third-order valence-corrected chi connectivity index (χ3v) is 2.77. The fraction of sp³-hybridized carbons (Fsp3) is 0.111. The Morgan fingerprint density at radius 2 is 2.12 bits per heavy atom. The molecule has 0 saturated heterocycles. The first-order valence-electron chi connectivity index (χ1n) is 4.24. The van der Waals surface area contributed by atoms with Crippen LogP contribution in [0.5, 0.6) is 0 Å². The number of rotatable bonds is 2. The first-order chi connectivity index (χ1) is 7.61. The number of hydrogen-bond acceptors (Lipinski definition) is 2. The van der Waals surface area contributed by atoms with E-state index in [1.54, 1.807) is 0 Å². The van der Waals surface area contributed by atoms with Gasteiger partial charge in [-0.05, 0) is 22.0 Å². The maximum Gasteiger partial charge on any atom is 0.152 e. The fourth-order valence-electron chi connectivity index (χ4n) is 1.22. The first-order valence-corrected chi connectivity index (χ1v) is 5.56. The van der Waals surface area contributed by atoms with Crippen LogP contribution in [0.1, 0.15) is 5.69 Å². The van der Waals surface area contributed by atoms with E-state index in [-0.39, 0.29) is 16.0 Å². The van der Waals surface area contributed by atoms with Crippen LogP contribution in [0, 0.1) is 11.6 Å². The van der Waals surface area contributed by atoms with Crippen molar-refractivity contribution < 1.29 is 8.78 Å². The zero-order chi connectivity index (χ0) is 11.7. The number of nitrogens with zero attached hydrogens (tertiary/aromatic N) is 3. The van der Waals surface area contributed by atoms with Crippen molar-refractivity contribution >= 4 is 27.5 Å². The van der Waals surface area contributed by atoms with Crippen LogP contribution in [-0.2, 0) is 5.88 Å². The average molecular weight is 309 g/mol. The second kappa shape index (κ2) is 4.47. The second-order valence-electron chi connectivity index (χ2n) is 3.01. The molecule has 0 aliphatic heterocycles. The van der Waals surface area contributed by atoms with Gasteiger partial charge in [-0.15, -0.1) is 16.7 Å². The van der Waals surface area contributed by atoms with Crippen LogP contribution in [0.25, 0.3) is 5.69 Å². The maximum atomic E-state index is 13.5. The minimum Gasteiger partial charge on any atom is -0.216 e. The smallest absolute Gasteiger partial charge is 0.152 e. The van der Waals surface area contributed by atoms with Gasteiger partial charge in [-0.1, -0.05) is 5.21 Å². The van der Waals surface area contributed by atoms with Crippen molar-refractivity contribution in [1.82, 2.24) is 15.0 Å². The van der Waals surface area contributed by atoms with Gasteiger partial charge in [-0.3, -0.25) is 0 Å². The Labute approximate surface area is 103 Å². The molecule has 3 nitrogen and oxygen atoms in total. The molecule has 0 aliphatic rings. The third kappa shape index (κ3) is 2.08. The monoisotopic (exact) mass is 307 g/mol. The van der Waals surface area contributed by atoms with Crippen molar-refractivity contribution in [3.05, 3.63) is 40.1 Å². The molecule has 0 radical (unpaired) electrons. The number of alkyl halides is 1. The largest absolute Gasteiger partial charge is 0.216 e. The lowest BCUT2D eigenvalue weighted by Gasteiger charge is -2.04. The topological polar surface area (TPSA) is 30.7 Å². The summed E-state index contributed by atoms with van der Waals surface area (Å²) < 4.78 is 27.8. The summed E-state index contributed by atoms with van der Waals surface area (Å²) in [6.07, 6.45) is 1.48. The lowest BCUT2D eigenvalue weighted by Crippen LogP contribution is -2.00. The minimum absolute atomic E-state index is 0.102. The molecule has 0 bridgehead atoms. The van der Waals surface area contributed by atoms with Crippen LogP contribution in [0.2, 0.25) is 0 Å². The molecule has 16 heavy (non-hydrogen) atoms. The molecule has 0 unspecified atom stereocenters. The lowest BCUT2D eigenvalue weighted by atomic mass is 10.3. The van der Waals surface area contributed by atoms with Crippen molar-refractivity contribution in [3.63, 3.8) is 0 Å². The number of halogens is 4. The SMILES string of the molecule is Fc1cc(F)c(-n2cc(CCl)nn2)c(Br)c1. The van der Waals surface area contributed by atoms with E-state index in [9.17, 15) is 8.78 Å². The first kappa shape index (κ1) is 11.5. The Morgan fingerprint density at radius 1 is 1.38 bits per heavy atom. The molecule has 0 aliphatic carbocycles. The molecule has 2 rings (SSSR count). The molecule has 0 saturated carbocycles. The van der Waals surface area contributed by atoms with E-state index in [1.165, 1.54) is 10.9 Å². The van der Waals surface area contributed by atoms with Gasteiger partial charge in [-0.2, -0.15) is 0 Å².